The standard InChI is InChI=1S/C14H24N2O3/c1-14(2)6-3-7-16(9-14)13(19)15-11-5-4-10(8-11)12(17)18/h10-11H,3-9H2,1-2H3,(H,15,19)(H,17,18)/t10-,11+/m1/s1. The Bertz CT molecular complexity index is 368. The number of nitrogens with zero attached hydrogens (tertiary/aromatic N) is 1. The second-order valence-electron chi connectivity index (χ2n) is 6.68. The molecule has 2 fully saturated rings. The number of amides is 2. The first-order chi connectivity index (χ1) is 8.87. The third-order valence-electron chi connectivity index (χ3n) is 4.30. The van der Waals surface area contributed by atoms with Gasteiger partial charge in [-0.15, -0.1) is 0 Å². The van der Waals surface area contributed by atoms with Crippen LogP contribution in [-0.4, -0.2) is 41.1 Å². The van der Waals surface area contributed by atoms with Crippen molar-refractivity contribution in [2.75, 3.05) is 13.1 Å². The van der Waals surface area contributed by atoms with E-state index in [4.69, 9.17) is 5.11 Å². The van der Waals surface area contributed by atoms with Gasteiger partial charge >= 0.3 is 12.0 Å². The highest BCUT2D eigenvalue weighted by molar-refractivity contribution is 5.75. The first kappa shape index (κ1) is 14.2. The molecule has 1 heterocycles. The average molecular weight is 268 g/mol. The minimum Gasteiger partial charge on any atom is -0.481 e. The van der Waals surface area contributed by atoms with Crippen molar-refractivity contribution in [2.45, 2.75) is 52.0 Å². The third-order valence-corrected chi connectivity index (χ3v) is 4.30. The van der Waals surface area contributed by atoms with Crippen LogP contribution in [-0.2, 0) is 4.79 Å². The maximum absolute atomic E-state index is 12.2. The maximum atomic E-state index is 12.2. The lowest BCUT2D eigenvalue weighted by Gasteiger charge is -2.38. The number of aliphatic carboxylic acids is 1. The first-order valence-corrected chi connectivity index (χ1v) is 7.16. The second-order valence-corrected chi connectivity index (χ2v) is 6.68. The molecule has 0 aromatic heterocycles. The number of nitrogens with one attached hydrogen (secondary N) is 1. The number of carboxylic acid groups (broad SMARTS) is 1. The Morgan fingerprint density at radius 2 is 2.05 bits per heavy atom. The molecule has 2 aliphatic rings. The van der Waals surface area contributed by atoms with E-state index in [1.54, 1.807) is 0 Å². The molecule has 1 saturated heterocycles. The molecule has 2 atom stereocenters. The van der Waals surface area contributed by atoms with E-state index < -0.39 is 5.97 Å². The summed E-state index contributed by atoms with van der Waals surface area (Å²) < 4.78 is 0. The zero-order valence-electron chi connectivity index (χ0n) is 11.8. The molecule has 2 amide bonds. The summed E-state index contributed by atoms with van der Waals surface area (Å²) in [6, 6.07) is 0.00227. The van der Waals surface area contributed by atoms with E-state index in [0.717, 1.165) is 32.4 Å². The van der Waals surface area contributed by atoms with Crippen molar-refractivity contribution < 1.29 is 14.7 Å². The highest BCUT2D eigenvalue weighted by Crippen LogP contribution is 2.29. The molecule has 0 radical (unpaired) electrons. The highest BCUT2D eigenvalue weighted by Gasteiger charge is 2.33. The van der Waals surface area contributed by atoms with E-state index in [9.17, 15) is 9.59 Å². The van der Waals surface area contributed by atoms with E-state index in [1.807, 2.05) is 4.90 Å². The summed E-state index contributed by atoms with van der Waals surface area (Å²) in [6.07, 6.45) is 4.22. The molecule has 19 heavy (non-hydrogen) atoms. The maximum Gasteiger partial charge on any atom is 0.317 e. The molecule has 5 heteroatoms. The number of urea groups is 1. The topological polar surface area (TPSA) is 69.6 Å². The molecule has 2 rings (SSSR count). The van der Waals surface area contributed by atoms with Gasteiger partial charge in [-0.3, -0.25) is 4.79 Å². The van der Waals surface area contributed by atoms with Crippen LogP contribution in [0.5, 0.6) is 0 Å². The van der Waals surface area contributed by atoms with Crippen LogP contribution in [0.15, 0.2) is 0 Å². The number of carboxylic acids is 1. The first-order valence-electron chi connectivity index (χ1n) is 7.16. The summed E-state index contributed by atoms with van der Waals surface area (Å²) in [5.74, 6) is -1.03. The van der Waals surface area contributed by atoms with Crippen LogP contribution in [0, 0.1) is 11.3 Å². The van der Waals surface area contributed by atoms with Crippen LogP contribution in [0.4, 0.5) is 4.79 Å². The van der Waals surface area contributed by atoms with Crippen LogP contribution < -0.4 is 5.32 Å². The zero-order chi connectivity index (χ0) is 14.0. The zero-order valence-corrected chi connectivity index (χ0v) is 11.8. The largest absolute Gasteiger partial charge is 0.481 e. The molecule has 5 nitrogen and oxygen atoms in total. The molecule has 1 aliphatic carbocycles. The minimum atomic E-state index is -0.740. The number of hydrogen-bond donors (Lipinski definition) is 2. The Labute approximate surface area is 114 Å². The van der Waals surface area contributed by atoms with E-state index in [2.05, 4.69) is 19.2 Å². The molecule has 2 N–H and O–H groups in total. The van der Waals surface area contributed by atoms with E-state index in [1.165, 1.54) is 0 Å². The van der Waals surface area contributed by atoms with Gasteiger partial charge in [-0.25, -0.2) is 4.79 Å². The number of hydrogen-bond acceptors (Lipinski definition) is 2. The quantitative estimate of drug-likeness (QED) is 0.805. The monoisotopic (exact) mass is 268 g/mol. The van der Waals surface area contributed by atoms with Gasteiger partial charge in [0.25, 0.3) is 0 Å². The summed E-state index contributed by atoms with van der Waals surface area (Å²) in [5.41, 5.74) is 0.189. The van der Waals surface area contributed by atoms with Crippen molar-refractivity contribution in [3.63, 3.8) is 0 Å². The van der Waals surface area contributed by atoms with Gasteiger partial charge in [0.2, 0.25) is 0 Å². The number of carbonyl (C=O) groups excluding carboxylic acids is 1. The number of rotatable bonds is 2. The predicted octanol–water partition coefficient (Wildman–Crippen LogP) is 2.07. The Kier molecular flexibility index (Phi) is 4.02. The Balaban J connectivity index is 1.83. The van der Waals surface area contributed by atoms with Crippen molar-refractivity contribution in [1.82, 2.24) is 10.2 Å². The Morgan fingerprint density at radius 1 is 1.32 bits per heavy atom. The summed E-state index contributed by atoms with van der Waals surface area (Å²) in [7, 11) is 0. The fraction of sp³-hybridized carbons (Fsp3) is 0.857. The lowest BCUT2D eigenvalue weighted by atomic mass is 9.84. The molecule has 0 spiro atoms. The van der Waals surface area contributed by atoms with E-state index in [-0.39, 0.29) is 23.4 Å². The lowest BCUT2D eigenvalue weighted by Crippen LogP contribution is -2.50. The van der Waals surface area contributed by atoms with Crippen LogP contribution in [0.3, 0.4) is 0 Å². The van der Waals surface area contributed by atoms with Crippen LogP contribution in [0.2, 0.25) is 0 Å². The molecule has 0 unspecified atom stereocenters. The lowest BCUT2D eigenvalue weighted by molar-refractivity contribution is -0.141. The smallest absolute Gasteiger partial charge is 0.317 e. The fourth-order valence-electron chi connectivity index (χ4n) is 3.20. The molecular weight excluding hydrogens is 244 g/mol. The van der Waals surface area contributed by atoms with Crippen LogP contribution >= 0.6 is 0 Å². The van der Waals surface area contributed by atoms with Gasteiger partial charge in [-0.2, -0.15) is 0 Å². The summed E-state index contributed by atoms with van der Waals surface area (Å²) in [5, 5.41) is 12.0. The van der Waals surface area contributed by atoms with Gasteiger partial charge in [0.1, 0.15) is 0 Å². The van der Waals surface area contributed by atoms with E-state index in [0.29, 0.717) is 12.8 Å². The SMILES string of the molecule is CC1(C)CCCN(C(=O)N[C@H]2CC[C@@H](C(=O)O)C2)C1. The second kappa shape index (κ2) is 5.39. The number of carbonyl (C=O) groups is 2. The van der Waals surface area contributed by atoms with Crippen molar-refractivity contribution in [2.24, 2.45) is 11.3 Å². The van der Waals surface area contributed by atoms with Crippen LogP contribution in [0.25, 0.3) is 0 Å². The normalized spacial score (nSPS) is 30.1. The fourth-order valence-corrected chi connectivity index (χ4v) is 3.20. The van der Waals surface area contributed by atoms with Crippen molar-refractivity contribution in [3.8, 4) is 0 Å². The summed E-state index contributed by atoms with van der Waals surface area (Å²) in [6.45, 7) is 5.96. The van der Waals surface area contributed by atoms with Gasteiger partial charge in [-0.1, -0.05) is 13.8 Å². The third kappa shape index (κ3) is 3.61. The highest BCUT2D eigenvalue weighted by atomic mass is 16.4. The van der Waals surface area contributed by atoms with Gasteiger partial charge in [-0.05, 0) is 37.5 Å². The van der Waals surface area contributed by atoms with Gasteiger partial charge in [0, 0.05) is 19.1 Å². The van der Waals surface area contributed by atoms with Crippen LogP contribution in [0.1, 0.15) is 46.0 Å². The van der Waals surface area contributed by atoms with Crippen molar-refractivity contribution in [3.05, 3.63) is 0 Å². The van der Waals surface area contributed by atoms with Gasteiger partial charge in [0.05, 0.1) is 5.92 Å². The molecule has 0 bridgehead atoms. The number of likely N-dealkylation sites (tertiary alicyclic amines) is 1. The molecule has 108 valence electrons. The minimum absolute atomic E-state index is 0.0242. The van der Waals surface area contributed by atoms with Gasteiger partial charge in [0.15, 0.2) is 0 Å². The Morgan fingerprint density at radius 3 is 2.63 bits per heavy atom. The number of piperidine rings is 1. The molecular formula is C14H24N2O3. The average Bonchev–Trinajstić information content (AvgIpc) is 2.76. The van der Waals surface area contributed by atoms with Gasteiger partial charge < -0.3 is 15.3 Å². The van der Waals surface area contributed by atoms with E-state index >= 15 is 0 Å². The molecule has 0 aromatic rings. The van der Waals surface area contributed by atoms with Crippen molar-refractivity contribution in [1.29, 1.82) is 0 Å². The molecule has 0 aromatic carbocycles. The predicted molar refractivity (Wildman–Crippen MR) is 71.9 cm³/mol. The summed E-state index contributed by atoms with van der Waals surface area (Å²) in [4.78, 5) is 25.0. The Hall–Kier alpha value is -1.26. The molecule has 1 saturated carbocycles. The molecule has 1 aliphatic heterocycles. The summed E-state index contributed by atoms with van der Waals surface area (Å²) >= 11 is 0. The van der Waals surface area contributed by atoms with Crippen molar-refractivity contribution >= 4 is 12.0 Å².